The van der Waals surface area contributed by atoms with Crippen molar-refractivity contribution in [1.29, 1.82) is 0 Å². The molecule has 0 rings (SSSR count). The number of hydrogen-bond donors (Lipinski definition) is 4. The molecule has 0 aliphatic carbocycles. The van der Waals surface area contributed by atoms with E-state index in [0.29, 0.717) is 0 Å². The molecule has 0 bridgehead atoms. The second kappa shape index (κ2) is 2.65. The van der Waals surface area contributed by atoms with Gasteiger partial charge >= 0.3 is 0 Å². The first-order valence-corrected chi connectivity index (χ1v) is 1.69. The Morgan fingerprint density at radius 3 is 2.33 bits per heavy atom. The monoisotopic (exact) mass is 106 g/mol. The predicted molar refractivity (Wildman–Crippen MR) is 27.9 cm³/mol. The van der Waals surface area contributed by atoms with Crippen LogP contribution in [0.3, 0.4) is 0 Å². The fourth-order valence-electron chi connectivity index (χ4n) is 0.0289. The van der Waals surface area contributed by atoms with Gasteiger partial charge < -0.3 is 16.3 Å². The zero-order valence-corrected chi connectivity index (χ0v) is 3.94. The van der Waals surface area contributed by atoms with Gasteiger partial charge in [0.25, 0.3) is 0 Å². The fourth-order valence-corrected chi connectivity index (χ4v) is 0.0866. The molecule has 0 atom stereocenters. The van der Waals surface area contributed by atoms with Crippen molar-refractivity contribution in [2.24, 2.45) is 16.7 Å². The molecule has 0 fully saturated rings. The van der Waals surface area contributed by atoms with Crippen LogP contribution in [0.2, 0.25) is 0 Å². The number of nitrogens with two attached hydrogens (primary N) is 2. The summed E-state index contributed by atoms with van der Waals surface area (Å²) in [7, 11) is 0. The summed E-state index contributed by atoms with van der Waals surface area (Å²) in [6, 6.07) is 0. The lowest BCUT2D eigenvalue weighted by Crippen LogP contribution is -2.24. The number of nitrogens with zero attached hydrogens (tertiary/aromatic N) is 1. The molecule has 5 N–H and O–H groups in total. The van der Waals surface area contributed by atoms with Crippen molar-refractivity contribution in [2.45, 2.75) is 0 Å². The first-order chi connectivity index (χ1) is 2.81. The molecule has 0 aliphatic rings. The Kier molecular flexibility index (Phi) is 2.39. The van der Waals surface area contributed by atoms with Gasteiger partial charge in [-0.15, -0.1) is 5.10 Å². The van der Waals surface area contributed by atoms with E-state index in [4.69, 9.17) is 5.73 Å². The Labute approximate surface area is 41.1 Å². The fraction of sp³-hybridized carbons (Fsp3) is 0. The summed E-state index contributed by atoms with van der Waals surface area (Å²) >= 11 is 3.51. The molecule has 0 aromatic rings. The molecule has 0 heterocycles. The van der Waals surface area contributed by atoms with Gasteiger partial charge in [-0.3, -0.25) is 0 Å². The van der Waals surface area contributed by atoms with Crippen LogP contribution < -0.4 is 16.3 Å². The van der Waals surface area contributed by atoms with Gasteiger partial charge in [0, 0.05) is 0 Å². The number of thiol groups is 1. The van der Waals surface area contributed by atoms with E-state index in [1.165, 1.54) is 0 Å². The summed E-state index contributed by atoms with van der Waals surface area (Å²) in [5.41, 5.74) is 4.91. The molecule has 0 saturated heterocycles. The topological polar surface area (TPSA) is 76.4 Å². The molecule has 0 radical (unpaired) electrons. The van der Waals surface area contributed by atoms with Gasteiger partial charge in [-0.25, -0.2) is 0 Å². The Balaban J connectivity index is 3.22. The van der Waals surface area contributed by atoms with Gasteiger partial charge in [0.2, 0.25) is 5.96 Å². The van der Waals surface area contributed by atoms with Crippen molar-refractivity contribution < 1.29 is 0 Å². The molecule has 0 aromatic carbocycles. The number of guanidine groups is 1. The Hall–Kier alpha value is -0.580. The summed E-state index contributed by atoms with van der Waals surface area (Å²) in [4.78, 5) is 0. The molecular formula is CH6N4S. The third-order valence-electron chi connectivity index (χ3n) is 0.254. The van der Waals surface area contributed by atoms with Crippen LogP contribution in [0.5, 0.6) is 0 Å². The van der Waals surface area contributed by atoms with Crippen molar-refractivity contribution in [3.63, 3.8) is 0 Å². The van der Waals surface area contributed by atoms with E-state index in [1.807, 2.05) is 0 Å². The van der Waals surface area contributed by atoms with Crippen LogP contribution in [0, 0.1) is 0 Å². The highest BCUT2D eigenvalue weighted by atomic mass is 32.1. The number of hydrogen-bond acceptors (Lipinski definition) is 3. The van der Waals surface area contributed by atoms with Crippen molar-refractivity contribution >= 4 is 18.8 Å². The van der Waals surface area contributed by atoms with Gasteiger partial charge in [0.1, 0.15) is 0 Å². The molecule has 0 spiro atoms. The van der Waals surface area contributed by atoms with E-state index < -0.39 is 0 Å². The maximum Gasteiger partial charge on any atom is 0.220 e. The lowest BCUT2D eigenvalue weighted by molar-refractivity contribution is 1.19. The average Bonchev–Trinajstić information content (AvgIpc) is 1.65. The molecule has 6 heavy (non-hydrogen) atoms. The van der Waals surface area contributed by atoms with Gasteiger partial charge in [-0.2, -0.15) is 0 Å². The van der Waals surface area contributed by atoms with E-state index in [9.17, 15) is 0 Å². The van der Waals surface area contributed by atoms with Crippen molar-refractivity contribution in [3.8, 4) is 0 Å². The third-order valence-corrected chi connectivity index (χ3v) is 0.483. The first-order valence-electron chi connectivity index (χ1n) is 1.24. The molecule has 5 heteroatoms. The van der Waals surface area contributed by atoms with Crippen LogP contribution in [0.1, 0.15) is 0 Å². The lowest BCUT2D eigenvalue weighted by Gasteiger charge is -1.88. The SMILES string of the molecule is NN=C(N)NS. The van der Waals surface area contributed by atoms with Crippen LogP contribution in [-0.2, 0) is 0 Å². The van der Waals surface area contributed by atoms with Crippen LogP contribution in [0.4, 0.5) is 0 Å². The zero-order chi connectivity index (χ0) is 4.99. The molecule has 0 unspecified atom stereocenters. The Morgan fingerprint density at radius 1 is 1.83 bits per heavy atom. The normalized spacial score (nSPS) is 11.2. The minimum atomic E-state index is 0.110. The van der Waals surface area contributed by atoms with Crippen LogP contribution in [-0.4, -0.2) is 5.96 Å². The smallest absolute Gasteiger partial charge is 0.220 e. The van der Waals surface area contributed by atoms with Gasteiger partial charge in [0.05, 0.1) is 0 Å². The summed E-state index contributed by atoms with van der Waals surface area (Å²) in [6.07, 6.45) is 0. The highest BCUT2D eigenvalue weighted by Crippen LogP contribution is 1.54. The molecule has 4 nitrogen and oxygen atoms in total. The zero-order valence-electron chi connectivity index (χ0n) is 3.05. The molecular weight excluding hydrogens is 100 g/mol. The summed E-state index contributed by atoms with van der Waals surface area (Å²) in [5, 5.41) is 3.01. The van der Waals surface area contributed by atoms with Crippen LogP contribution in [0.15, 0.2) is 5.10 Å². The van der Waals surface area contributed by atoms with Crippen molar-refractivity contribution in [1.82, 2.24) is 4.72 Å². The van der Waals surface area contributed by atoms with Gasteiger partial charge in [-0.05, 0) is 0 Å². The van der Waals surface area contributed by atoms with Crippen LogP contribution >= 0.6 is 12.8 Å². The highest BCUT2D eigenvalue weighted by Gasteiger charge is 1.73. The van der Waals surface area contributed by atoms with E-state index in [2.05, 4.69) is 28.5 Å². The minimum absolute atomic E-state index is 0.110. The number of hydrazone groups is 1. The van der Waals surface area contributed by atoms with E-state index >= 15 is 0 Å². The van der Waals surface area contributed by atoms with Gasteiger partial charge in [-0.1, -0.05) is 12.8 Å². The lowest BCUT2D eigenvalue weighted by atomic mass is 11.1. The van der Waals surface area contributed by atoms with Crippen molar-refractivity contribution in [2.75, 3.05) is 0 Å². The largest absolute Gasteiger partial charge is 0.368 e. The molecule has 0 amide bonds. The summed E-state index contributed by atoms with van der Waals surface area (Å²) < 4.78 is 2.21. The second-order valence-corrected chi connectivity index (χ2v) is 0.850. The third kappa shape index (κ3) is 1.71. The number of rotatable bonds is 0. The van der Waals surface area contributed by atoms with Gasteiger partial charge in [0.15, 0.2) is 0 Å². The Morgan fingerprint density at radius 2 is 2.33 bits per heavy atom. The molecule has 0 saturated carbocycles. The standard InChI is InChI=1S/CH6N4S/c2-1(4-3)5-6/h6H,3H2,(H3,2,4,5). The maximum atomic E-state index is 4.91. The summed E-state index contributed by atoms with van der Waals surface area (Å²) in [6.45, 7) is 0. The van der Waals surface area contributed by atoms with E-state index in [0.717, 1.165) is 0 Å². The molecule has 36 valence electrons. The summed E-state index contributed by atoms with van der Waals surface area (Å²) in [5.74, 6) is 4.74. The first kappa shape index (κ1) is 5.42. The Bertz CT molecular complexity index is 58.6. The molecule has 0 aliphatic heterocycles. The number of nitrogens with one attached hydrogen (secondary N) is 1. The maximum absolute atomic E-state index is 4.91. The molecule has 0 aromatic heterocycles. The predicted octanol–water partition coefficient (Wildman–Crippen LogP) is -1.39. The minimum Gasteiger partial charge on any atom is -0.368 e. The van der Waals surface area contributed by atoms with Crippen molar-refractivity contribution in [3.05, 3.63) is 0 Å². The van der Waals surface area contributed by atoms with Crippen LogP contribution in [0.25, 0.3) is 0 Å². The highest BCUT2D eigenvalue weighted by molar-refractivity contribution is 7.78. The average molecular weight is 106 g/mol. The van der Waals surface area contributed by atoms with E-state index in [-0.39, 0.29) is 5.96 Å². The van der Waals surface area contributed by atoms with E-state index in [1.54, 1.807) is 0 Å². The quantitative estimate of drug-likeness (QED) is 0.101. The second-order valence-electron chi connectivity index (χ2n) is 0.626.